The van der Waals surface area contributed by atoms with Gasteiger partial charge in [-0.25, -0.2) is 4.99 Å². The summed E-state index contributed by atoms with van der Waals surface area (Å²) < 4.78 is 0. The maximum Gasteiger partial charge on any atom is 0.0946 e. The minimum Gasteiger partial charge on any atom is -0.337 e. The Labute approximate surface area is 81.7 Å². The van der Waals surface area contributed by atoms with Crippen molar-refractivity contribution in [3.05, 3.63) is 25.1 Å². The lowest BCUT2D eigenvalue weighted by molar-refractivity contribution is 0.469. The molecule has 0 aromatic carbocycles. The van der Waals surface area contributed by atoms with Gasteiger partial charge in [-0.3, -0.25) is 0 Å². The minimum absolute atomic E-state index is 0.441. The summed E-state index contributed by atoms with van der Waals surface area (Å²) in [6, 6.07) is 0.441. The first-order valence-corrected chi connectivity index (χ1v) is 4.80. The van der Waals surface area contributed by atoms with Crippen molar-refractivity contribution in [1.82, 2.24) is 4.90 Å². The van der Waals surface area contributed by atoms with Gasteiger partial charge in [0.2, 0.25) is 0 Å². The third kappa shape index (κ3) is 6.14. The van der Waals surface area contributed by atoms with E-state index in [1.54, 1.807) is 12.5 Å². The summed E-state index contributed by atoms with van der Waals surface area (Å²) in [6.45, 7) is 9.97. The van der Waals surface area contributed by atoms with E-state index in [1.807, 2.05) is 0 Å². The van der Waals surface area contributed by atoms with Crippen LogP contribution < -0.4 is 0 Å². The first-order chi connectivity index (χ1) is 6.22. The van der Waals surface area contributed by atoms with Gasteiger partial charge in [-0.05, 0) is 20.3 Å². The van der Waals surface area contributed by atoms with Crippen molar-refractivity contribution < 1.29 is 0 Å². The monoisotopic (exact) mass is 180 g/mol. The van der Waals surface area contributed by atoms with Gasteiger partial charge in [0.15, 0.2) is 0 Å². The standard InChI is InChI=1S/C11H20N2/c1-5-7-8-9-13(11(3)4)10-12-6-2/h6,8-11H,2,5,7H2,1,3-4H3. The van der Waals surface area contributed by atoms with Gasteiger partial charge in [-0.2, -0.15) is 0 Å². The van der Waals surface area contributed by atoms with Crippen LogP contribution >= 0.6 is 0 Å². The smallest absolute Gasteiger partial charge is 0.0946 e. The summed E-state index contributed by atoms with van der Waals surface area (Å²) in [5.41, 5.74) is 0. The molecule has 0 fully saturated rings. The molecule has 0 spiro atoms. The van der Waals surface area contributed by atoms with Crippen LogP contribution in [0.15, 0.2) is 30.0 Å². The maximum atomic E-state index is 3.99. The molecule has 0 N–H and O–H groups in total. The zero-order valence-corrected chi connectivity index (χ0v) is 8.90. The summed E-state index contributed by atoms with van der Waals surface area (Å²) >= 11 is 0. The van der Waals surface area contributed by atoms with E-state index in [1.165, 1.54) is 6.42 Å². The Kier molecular flexibility index (Phi) is 6.98. The van der Waals surface area contributed by atoms with Crippen molar-refractivity contribution in [2.45, 2.75) is 39.7 Å². The van der Waals surface area contributed by atoms with Crippen LogP contribution in [0.5, 0.6) is 0 Å². The summed E-state index contributed by atoms with van der Waals surface area (Å²) in [7, 11) is 0. The molecule has 0 atom stereocenters. The number of unbranched alkanes of at least 4 members (excludes halogenated alkanes) is 1. The molecule has 0 aliphatic rings. The summed E-state index contributed by atoms with van der Waals surface area (Å²) in [5.74, 6) is 0. The summed E-state index contributed by atoms with van der Waals surface area (Å²) in [4.78, 5) is 6.05. The van der Waals surface area contributed by atoms with Crippen LogP contribution in [0.4, 0.5) is 0 Å². The van der Waals surface area contributed by atoms with E-state index in [4.69, 9.17) is 0 Å². The predicted octanol–water partition coefficient (Wildman–Crippen LogP) is 3.18. The van der Waals surface area contributed by atoms with Crippen molar-refractivity contribution in [2.75, 3.05) is 0 Å². The van der Waals surface area contributed by atoms with Crippen LogP contribution in [-0.4, -0.2) is 17.3 Å². The quantitative estimate of drug-likeness (QED) is 0.453. The van der Waals surface area contributed by atoms with E-state index in [2.05, 4.69) is 49.5 Å². The van der Waals surface area contributed by atoms with Gasteiger partial charge >= 0.3 is 0 Å². The van der Waals surface area contributed by atoms with Gasteiger partial charge in [0.1, 0.15) is 0 Å². The van der Waals surface area contributed by atoms with Gasteiger partial charge in [0.25, 0.3) is 0 Å². The molecule has 0 aromatic heterocycles. The van der Waals surface area contributed by atoms with Crippen molar-refractivity contribution in [3.63, 3.8) is 0 Å². The molecule has 0 heterocycles. The molecule has 2 heteroatoms. The molecule has 74 valence electrons. The van der Waals surface area contributed by atoms with Gasteiger partial charge < -0.3 is 4.90 Å². The molecule has 0 aromatic rings. The van der Waals surface area contributed by atoms with E-state index in [9.17, 15) is 0 Å². The molecule has 0 saturated heterocycles. The fraction of sp³-hybridized carbons (Fsp3) is 0.545. The highest BCUT2D eigenvalue weighted by Crippen LogP contribution is 1.98. The number of rotatable bonds is 6. The lowest BCUT2D eigenvalue weighted by atomic mass is 10.3. The maximum absolute atomic E-state index is 3.99. The second-order valence-corrected chi connectivity index (χ2v) is 3.16. The van der Waals surface area contributed by atoms with Gasteiger partial charge in [-0.1, -0.05) is 26.0 Å². The van der Waals surface area contributed by atoms with Crippen LogP contribution in [0, 0.1) is 0 Å². The van der Waals surface area contributed by atoms with Crippen LogP contribution in [0.2, 0.25) is 0 Å². The molecule has 13 heavy (non-hydrogen) atoms. The average Bonchev–Trinajstić information content (AvgIpc) is 2.10. The Morgan fingerprint density at radius 3 is 2.62 bits per heavy atom. The second kappa shape index (κ2) is 7.59. The van der Waals surface area contributed by atoms with E-state index >= 15 is 0 Å². The molecule has 0 radical (unpaired) electrons. The number of aliphatic imine (C=N–C) groups is 1. The molecule has 0 aliphatic carbocycles. The van der Waals surface area contributed by atoms with Crippen LogP contribution in [0.25, 0.3) is 0 Å². The lowest BCUT2D eigenvalue weighted by Crippen LogP contribution is -2.23. The number of hydrogen-bond donors (Lipinski definition) is 0. The fourth-order valence-corrected chi connectivity index (χ4v) is 0.831. The first-order valence-electron chi connectivity index (χ1n) is 4.80. The van der Waals surface area contributed by atoms with Gasteiger partial charge in [0, 0.05) is 18.4 Å². The van der Waals surface area contributed by atoms with Crippen molar-refractivity contribution in [1.29, 1.82) is 0 Å². The Morgan fingerprint density at radius 1 is 1.46 bits per heavy atom. The van der Waals surface area contributed by atoms with E-state index in [0.717, 1.165) is 6.42 Å². The van der Waals surface area contributed by atoms with Crippen LogP contribution in [0.1, 0.15) is 33.6 Å². The molecule has 0 bridgehead atoms. The highest BCUT2D eigenvalue weighted by Gasteiger charge is 1.98. The molecule has 0 amide bonds. The molecule has 0 aliphatic heterocycles. The predicted molar refractivity (Wildman–Crippen MR) is 59.7 cm³/mol. The molecule has 0 saturated carbocycles. The van der Waals surface area contributed by atoms with Crippen LogP contribution in [0.3, 0.4) is 0 Å². The second-order valence-electron chi connectivity index (χ2n) is 3.16. The number of allylic oxidation sites excluding steroid dienone is 1. The number of hydrogen-bond acceptors (Lipinski definition) is 1. The van der Waals surface area contributed by atoms with Gasteiger partial charge in [0.05, 0.1) is 6.34 Å². The van der Waals surface area contributed by atoms with Crippen molar-refractivity contribution in [2.24, 2.45) is 4.99 Å². The van der Waals surface area contributed by atoms with Crippen molar-refractivity contribution in [3.8, 4) is 0 Å². The van der Waals surface area contributed by atoms with Crippen LogP contribution in [-0.2, 0) is 0 Å². The summed E-state index contributed by atoms with van der Waals surface area (Å²) in [6.07, 6.45) is 9.87. The number of nitrogens with zero attached hydrogens (tertiary/aromatic N) is 2. The molecular weight excluding hydrogens is 160 g/mol. The van der Waals surface area contributed by atoms with Gasteiger partial charge in [-0.15, -0.1) is 0 Å². The SMILES string of the molecule is C=CN=CN(C=CCCC)C(C)C. The first kappa shape index (κ1) is 11.9. The topological polar surface area (TPSA) is 15.6 Å². The van der Waals surface area contributed by atoms with E-state index in [-0.39, 0.29) is 0 Å². The largest absolute Gasteiger partial charge is 0.337 e. The Balaban J connectivity index is 4.09. The summed E-state index contributed by atoms with van der Waals surface area (Å²) in [5, 5.41) is 0. The van der Waals surface area contributed by atoms with E-state index in [0.29, 0.717) is 6.04 Å². The highest BCUT2D eigenvalue weighted by atomic mass is 15.1. The highest BCUT2D eigenvalue weighted by molar-refractivity contribution is 5.57. The molecule has 0 rings (SSSR count). The molecule has 2 nitrogen and oxygen atoms in total. The Morgan fingerprint density at radius 2 is 2.15 bits per heavy atom. The third-order valence-electron chi connectivity index (χ3n) is 1.63. The fourth-order valence-electron chi connectivity index (χ4n) is 0.831. The normalized spacial score (nSPS) is 11.7. The third-order valence-corrected chi connectivity index (χ3v) is 1.63. The Bertz CT molecular complexity index is 181. The minimum atomic E-state index is 0.441. The zero-order chi connectivity index (χ0) is 10.1. The molecule has 0 unspecified atom stereocenters. The average molecular weight is 180 g/mol. The zero-order valence-electron chi connectivity index (χ0n) is 8.90. The lowest BCUT2D eigenvalue weighted by Gasteiger charge is -2.18. The Hall–Kier alpha value is -1.05. The van der Waals surface area contributed by atoms with Crippen molar-refractivity contribution >= 4 is 6.34 Å². The van der Waals surface area contributed by atoms with E-state index < -0.39 is 0 Å². The molecular formula is C11H20N2.